The molecule has 7 nitrogen and oxygen atoms in total. The molecule has 2 amide bonds. The van der Waals surface area contributed by atoms with Crippen LogP contribution in [-0.2, 0) is 0 Å². The molecule has 0 spiro atoms. The summed E-state index contributed by atoms with van der Waals surface area (Å²) < 4.78 is 25.4. The highest BCUT2D eigenvalue weighted by molar-refractivity contribution is 6.01. The predicted octanol–water partition coefficient (Wildman–Crippen LogP) is 3.33. The van der Waals surface area contributed by atoms with E-state index in [1.54, 1.807) is 37.3 Å². The van der Waals surface area contributed by atoms with Crippen LogP contribution in [0.15, 0.2) is 48.5 Å². The molecule has 0 aliphatic carbocycles. The Morgan fingerprint density at radius 1 is 0.867 bits per heavy atom. The first-order chi connectivity index (χ1) is 14.3. The van der Waals surface area contributed by atoms with E-state index in [2.05, 4.69) is 10.9 Å². The largest absolute Gasteiger partial charge is 0.497 e. The Labute approximate surface area is 173 Å². The first kappa shape index (κ1) is 20.9. The van der Waals surface area contributed by atoms with E-state index in [-0.39, 0.29) is 11.4 Å². The standard InChI is InChI=1S/C22H22FN3O4/c1-13-11-18(14(2)26(13)16-7-5-15(23)6-8-16)21(27)24-25-22(28)19-12-17(29-3)9-10-20(19)30-4/h5-12H,1-4H3,(H,24,27)(H,25,28). The van der Waals surface area contributed by atoms with Gasteiger partial charge in [0.05, 0.1) is 25.3 Å². The van der Waals surface area contributed by atoms with Gasteiger partial charge in [-0.3, -0.25) is 20.4 Å². The van der Waals surface area contributed by atoms with Gasteiger partial charge in [-0.1, -0.05) is 0 Å². The number of hydrazine groups is 1. The Hall–Kier alpha value is -3.81. The number of carbonyl (C=O) groups is 2. The van der Waals surface area contributed by atoms with Crippen molar-refractivity contribution in [3.8, 4) is 17.2 Å². The number of ether oxygens (including phenoxy) is 2. The molecule has 0 saturated carbocycles. The maximum Gasteiger partial charge on any atom is 0.273 e. The van der Waals surface area contributed by atoms with Crippen molar-refractivity contribution < 1.29 is 23.5 Å². The van der Waals surface area contributed by atoms with E-state index in [9.17, 15) is 14.0 Å². The van der Waals surface area contributed by atoms with Gasteiger partial charge in [-0.25, -0.2) is 4.39 Å². The van der Waals surface area contributed by atoms with E-state index in [1.165, 1.54) is 32.4 Å². The molecule has 1 aromatic heterocycles. The zero-order valence-electron chi connectivity index (χ0n) is 17.1. The second kappa shape index (κ2) is 8.69. The monoisotopic (exact) mass is 411 g/mol. The zero-order valence-corrected chi connectivity index (χ0v) is 17.1. The summed E-state index contributed by atoms with van der Waals surface area (Å²) in [7, 11) is 2.93. The van der Waals surface area contributed by atoms with Gasteiger partial charge >= 0.3 is 0 Å². The molecule has 0 saturated heterocycles. The topological polar surface area (TPSA) is 81.6 Å². The molecule has 0 aliphatic heterocycles. The molecule has 3 aromatic rings. The Bertz CT molecular complexity index is 1090. The Morgan fingerprint density at radius 3 is 2.10 bits per heavy atom. The first-order valence-corrected chi connectivity index (χ1v) is 9.13. The van der Waals surface area contributed by atoms with Crippen LogP contribution >= 0.6 is 0 Å². The van der Waals surface area contributed by atoms with E-state index in [0.717, 1.165) is 11.4 Å². The SMILES string of the molecule is COc1ccc(OC)c(C(=O)NNC(=O)c2cc(C)n(-c3ccc(F)cc3)c2C)c1. The summed E-state index contributed by atoms with van der Waals surface area (Å²) in [6, 6.07) is 12.5. The third-order valence-corrected chi connectivity index (χ3v) is 4.70. The minimum atomic E-state index is -0.550. The van der Waals surface area contributed by atoms with Crippen molar-refractivity contribution in [2.24, 2.45) is 0 Å². The average Bonchev–Trinajstić information content (AvgIpc) is 3.06. The number of aryl methyl sites for hydroxylation is 1. The fraction of sp³-hybridized carbons (Fsp3) is 0.182. The fourth-order valence-corrected chi connectivity index (χ4v) is 3.22. The van der Waals surface area contributed by atoms with Gasteiger partial charge in [-0.15, -0.1) is 0 Å². The third kappa shape index (κ3) is 4.12. The fourth-order valence-electron chi connectivity index (χ4n) is 3.22. The average molecular weight is 411 g/mol. The molecule has 2 N–H and O–H groups in total. The molecule has 0 atom stereocenters. The summed E-state index contributed by atoms with van der Waals surface area (Å²) in [5.41, 5.74) is 7.60. The van der Waals surface area contributed by atoms with Crippen LogP contribution in [0.5, 0.6) is 11.5 Å². The molecule has 0 radical (unpaired) electrons. The van der Waals surface area contributed by atoms with Crippen LogP contribution in [0, 0.1) is 19.7 Å². The van der Waals surface area contributed by atoms with E-state index < -0.39 is 11.8 Å². The second-order valence-corrected chi connectivity index (χ2v) is 6.57. The number of benzene rings is 2. The van der Waals surface area contributed by atoms with E-state index >= 15 is 0 Å². The second-order valence-electron chi connectivity index (χ2n) is 6.57. The van der Waals surface area contributed by atoms with Crippen molar-refractivity contribution in [1.29, 1.82) is 0 Å². The van der Waals surface area contributed by atoms with Crippen molar-refractivity contribution in [2.45, 2.75) is 13.8 Å². The van der Waals surface area contributed by atoms with Crippen LogP contribution in [0.25, 0.3) is 5.69 Å². The number of rotatable bonds is 5. The number of aromatic nitrogens is 1. The van der Waals surface area contributed by atoms with Gasteiger partial charge in [0.25, 0.3) is 11.8 Å². The lowest BCUT2D eigenvalue weighted by Gasteiger charge is -2.12. The molecule has 8 heteroatoms. The summed E-state index contributed by atoms with van der Waals surface area (Å²) in [6.45, 7) is 3.62. The lowest BCUT2D eigenvalue weighted by molar-refractivity contribution is 0.0844. The van der Waals surface area contributed by atoms with E-state index in [1.807, 2.05) is 11.5 Å². The van der Waals surface area contributed by atoms with Crippen LogP contribution in [0.1, 0.15) is 32.1 Å². The number of carbonyl (C=O) groups excluding carboxylic acids is 2. The van der Waals surface area contributed by atoms with Crippen LogP contribution < -0.4 is 20.3 Å². The maximum absolute atomic E-state index is 13.2. The molecular formula is C22H22FN3O4. The first-order valence-electron chi connectivity index (χ1n) is 9.13. The molecule has 0 bridgehead atoms. The Morgan fingerprint density at radius 2 is 1.50 bits per heavy atom. The van der Waals surface area contributed by atoms with Crippen molar-refractivity contribution in [3.05, 3.63) is 76.9 Å². The van der Waals surface area contributed by atoms with Gasteiger partial charge in [-0.05, 0) is 62.4 Å². The van der Waals surface area contributed by atoms with E-state index in [4.69, 9.17) is 9.47 Å². The van der Waals surface area contributed by atoms with Gasteiger partial charge in [0.15, 0.2) is 0 Å². The molecule has 3 rings (SSSR count). The minimum absolute atomic E-state index is 0.217. The van der Waals surface area contributed by atoms with Crippen molar-refractivity contribution in [3.63, 3.8) is 0 Å². The summed E-state index contributed by atoms with van der Waals surface area (Å²) >= 11 is 0. The molecular weight excluding hydrogens is 389 g/mol. The molecule has 30 heavy (non-hydrogen) atoms. The third-order valence-electron chi connectivity index (χ3n) is 4.70. The molecule has 1 heterocycles. The van der Waals surface area contributed by atoms with Crippen LogP contribution in [0.2, 0.25) is 0 Å². The normalized spacial score (nSPS) is 10.4. The molecule has 0 unspecified atom stereocenters. The highest BCUT2D eigenvalue weighted by Gasteiger charge is 2.19. The smallest absolute Gasteiger partial charge is 0.273 e. The number of amides is 2. The quantitative estimate of drug-likeness (QED) is 0.631. The van der Waals surface area contributed by atoms with Crippen LogP contribution in [0.3, 0.4) is 0 Å². The lowest BCUT2D eigenvalue weighted by Crippen LogP contribution is -2.41. The molecule has 156 valence electrons. The minimum Gasteiger partial charge on any atom is -0.497 e. The number of hydrogen-bond acceptors (Lipinski definition) is 4. The zero-order chi connectivity index (χ0) is 21.8. The number of halogens is 1. The molecule has 0 fully saturated rings. The Balaban J connectivity index is 1.78. The van der Waals surface area contributed by atoms with E-state index in [0.29, 0.717) is 22.8 Å². The number of nitrogens with zero attached hydrogens (tertiary/aromatic N) is 1. The van der Waals surface area contributed by atoms with Crippen LogP contribution in [-0.4, -0.2) is 30.6 Å². The highest BCUT2D eigenvalue weighted by Crippen LogP contribution is 2.24. The van der Waals surface area contributed by atoms with Gasteiger partial charge in [-0.2, -0.15) is 0 Å². The Kier molecular flexibility index (Phi) is 6.06. The van der Waals surface area contributed by atoms with Gasteiger partial charge in [0.2, 0.25) is 0 Å². The van der Waals surface area contributed by atoms with Gasteiger partial charge in [0.1, 0.15) is 17.3 Å². The molecule has 0 aliphatic rings. The van der Waals surface area contributed by atoms with Gasteiger partial charge in [0, 0.05) is 17.1 Å². The lowest BCUT2D eigenvalue weighted by atomic mass is 10.2. The summed E-state index contributed by atoms with van der Waals surface area (Å²) in [5.74, 6) is -0.542. The van der Waals surface area contributed by atoms with Crippen LogP contribution in [0.4, 0.5) is 4.39 Å². The number of hydrogen-bond donors (Lipinski definition) is 2. The van der Waals surface area contributed by atoms with Crippen molar-refractivity contribution >= 4 is 11.8 Å². The van der Waals surface area contributed by atoms with Crippen molar-refractivity contribution in [1.82, 2.24) is 15.4 Å². The molecule has 2 aromatic carbocycles. The van der Waals surface area contributed by atoms with Crippen molar-refractivity contribution in [2.75, 3.05) is 14.2 Å². The summed E-state index contributed by atoms with van der Waals surface area (Å²) in [5, 5.41) is 0. The summed E-state index contributed by atoms with van der Waals surface area (Å²) in [4.78, 5) is 25.2. The number of nitrogens with one attached hydrogen (secondary N) is 2. The number of methoxy groups -OCH3 is 2. The van der Waals surface area contributed by atoms with Gasteiger partial charge < -0.3 is 14.0 Å². The predicted molar refractivity (Wildman–Crippen MR) is 110 cm³/mol. The highest BCUT2D eigenvalue weighted by atomic mass is 19.1. The maximum atomic E-state index is 13.2. The summed E-state index contributed by atoms with van der Waals surface area (Å²) in [6.07, 6.45) is 0.